The van der Waals surface area contributed by atoms with Crippen LogP contribution in [0.15, 0.2) is 58.6 Å². The molecule has 3 N–H and O–H groups in total. The summed E-state index contributed by atoms with van der Waals surface area (Å²) in [4.78, 5) is 19.8. The van der Waals surface area contributed by atoms with Crippen molar-refractivity contribution < 1.29 is 9.90 Å². The summed E-state index contributed by atoms with van der Waals surface area (Å²) in [6.45, 7) is 3.81. The Labute approximate surface area is 165 Å². The maximum Gasteiger partial charge on any atom is 0.342 e. The summed E-state index contributed by atoms with van der Waals surface area (Å²) in [5.41, 5.74) is 4.81. The second-order valence-corrected chi connectivity index (χ2v) is 7.41. The van der Waals surface area contributed by atoms with Crippen LogP contribution in [0.2, 0.25) is 0 Å². The Bertz CT molecular complexity index is 1190. The molecule has 2 aromatic heterocycles. The second-order valence-electron chi connectivity index (χ2n) is 6.40. The van der Waals surface area contributed by atoms with Gasteiger partial charge in [-0.05, 0) is 42.8 Å². The van der Waals surface area contributed by atoms with E-state index >= 15 is 0 Å². The summed E-state index contributed by atoms with van der Waals surface area (Å²) in [7, 11) is 0. The number of aromatic amines is 2. The number of nitrogens with zero attached hydrogens (tertiary/aromatic N) is 2. The van der Waals surface area contributed by atoms with Crippen LogP contribution in [0.5, 0.6) is 0 Å². The minimum atomic E-state index is -1.02. The molecule has 2 aromatic carbocycles. The zero-order chi connectivity index (χ0) is 19.7. The molecule has 0 atom stereocenters. The van der Waals surface area contributed by atoms with Crippen molar-refractivity contribution in [2.45, 2.75) is 19.0 Å². The van der Waals surface area contributed by atoms with Gasteiger partial charge in [0.05, 0.1) is 5.69 Å². The van der Waals surface area contributed by atoms with Crippen molar-refractivity contribution in [2.24, 2.45) is 0 Å². The Morgan fingerprint density at radius 1 is 1.11 bits per heavy atom. The van der Waals surface area contributed by atoms with Crippen LogP contribution in [-0.4, -0.2) is 31.2 Å². The zero-order valence-corrected chi connectivity index (χ0v) is 16.2. The van der Waals surface area contributed by atoms with Gasteiger partial charge in [0.2, 0.25) is 5.16 Å². The SMILES string of the molecule is Cc1nc(S/C(=C\c2c(-c3ccccc3)[nH]c3c(C)cccc23)C(=O)O)n[nH]1. The number of H-pyrrole nitrogens is 2. The number of carboxylic acids is 1. The molecule has 6 nitrogen and oxygen atoms in total. The van der Waals surface area contributed by atoms with Crippen LogP contribution in [0.25, 0.3) is 28.2 Å². The minimum Gasteiger partial charge on any atom is -0.477 e. The number of rotatable bonds is 5. The fraction of sp³-hybridized carbons (Fsp3) is 0.0952. The Morgan fingerprint density at radius 3 is 2.57 bits per heavy atom. The van der Waals surface area contributed by atoms with E-state index in [0.717, 1.165) is 45.0 Å². The lowest BCUT2D eigenvalue weighted by atomic mass is 10.0. The molecule has 2 heterocycles. The van der Waals surface area contributed by atoms with Gasteiger partial charge in [-0.25, -0.2) is 9.78 Å². The lowest BCUT2D eigenvalue weighted by Gasteiger charge is -2.03. The van der Waals surface area contributed by atoms with Gasteiger partial charge < -0.3 is 10.1 Å². The van der Waals surface area contributed by atoms with Crippen molar-refractivity contribution in [3.05, 3.63) is 70.4 Å². The van der Waals surface area contributed by atoms with Gasteiger partial charge in [0.25, 0.3) is 0 Å². The van der Waals surface area contributed by atoms with Crippen molar-refractivity contribution in [1.29, 1.82) is 0 Å². The van der Waals surface area contributed by atoms with Gasteiger partial charge in [0, 0.05) is 16.5 Å². The third-order valence-corrected chi connectivity index (χ3v) is 5.29. The number of hydrogen-bond acceptors (Lipinski definition) is 4. The maximum absolute atomic E-state index is 11.9. The van der Waals surface area contributed by atoms with Gasteiger partial charge in [-0.1, -0.05) is 48.5 Å². The standard InChI is InChI=1S/C21H18N4O2S/c1-12-7-6-10-15-16(19(23-18(12)15)14-8-4-3-5-9-14)11-17(20(26)27)28-21-22-13(2)24-25-21/h3-11,23H,1-2H3,(H,26,27)(H,22,24,25)/b17-11-. The first kappa shape index (κ1) is 18.1. The molecule has 0 spiro atoms. The number of carbonyl (C=O) groups is 1. The van der Waals surface area contributed by atoms with Gasteiger partial charge in [0.15, 0.2) is 0 Å². The van der Waals surface area contributed by atoms with Crippen molar-refractivity contribution in [3.8, 4) is 11.3 Å². The first-order valence-corrected chi connectivity index (χ1v) is 9.53. The average Bonchev–Trinajstić information content (AvgIpc) is 3.26. The average molecular weight is 390 g/mol. The second kappa shape index (κ2) is 7.36. The van der Waals surface area contributed by atoms with Crippen LogP contribution in [0, 0.1) is 13.8 Å². The van der Waals surface area contributed by atoms with E-state index in [1.54, 1.807) is 13.0 Å². The van der Waals surface area contributed by atoms with Crippen molar-refractivity contribution in [1.82, 2.24) is 20.2 Å². The Balaban J connectivity index is 1.91. The molecule has 7 heteroatoms. The number of aryl methyl sites for hydroxylation is 2. The highest BCUT2D eigenvalue weighted by Crippen LogP contribution is 2.35. The summed E-state index contributed by atoms with van der Waals surface area (Å²) < 4.78 is 0. The summed E-state index contributed by atoms with van der Waals surface area (Å²) in [6, 6.07) is 15.9. The minimum absolute atomic E-state index is 0.151. The third-order valence-electron chi connectivity index (χ3n) is 4.41. The van der Waals surface area contributed by atoms with Crippen LogP contribution in [0.1, 0.15) is 17.0 Å². The molecule has 0 aliphatic heterocycles. The fourth-order valence-electron chi connectivity index (χ4n) is 3.10. The van der Waals surface area contributed by atoms with E-state index in [1.165, 1.54) is 0 Å². The fourth-order valence-corrected chi connectivity index (χ4v) is 3.83. The normalized spacial score (nSPS) is 11.9. The van der Waals surface area contributed by atoms with Gasteiger partial charge in [-0.2, -0.15) is 0 Å². The Hall–Kier alpha value is -3.32. The highest BCUT2D eigenvalue weighted by Gasteiger charge is 2.18. The summed E-state index contributed by atoms with van der Waals surface area (Å²) in [5.74, 6) is -0.381. The molecular weight excluding hydrogens is 372 g/mol. The van der Waals surface area contributed by atoms with E-state index in [-0.39, 0.29) is 4.91 Å². The number of benzene rings is 2. The molecule has 0 saturated carbocycles. The number of carboxylic acid groups (broad SMARTS) is 1. The lowest BCUT2D eigenvalue weighted by Crippen LogP contribution is -1.97. The summed E-state index contributed by atoms with van der Waals surface area (Å²) >= 11 is 1.03. The molecule has 4 rings (SSSR count). The van der Waals surface area contributed by atoms with E-state index in [2.05, 4.69) is 20.2 Å². The van der Waals surface area contributed by atoms with E-state index in [0.29, 0.717) is 11.0 Å². The quantitative estimate of drug-likeness (QED) is 0.336. The molecule has 0 radical (unpaired) electrons. The highest BCUT2D eigenvalue weighted by molar-refractivity contribution is 8.04. The van der Waals surface area contributed by atoms with Crippen LogP contribution in [0.4, 0.5) is 0 Å². The predicted molar refractivity (Wildman–Crippen MR) is 111 cm³/mol. The molecule has 140 valence electrons. The van der Waals surface area contributed by atoms with E-state index in [1.807, 2.05) is 55.5 Å². The first-order chi connectivity index (χ1) is 13.5. The molecule has 0 fully saturated rings. The van der Waals surface area contributed by atoms with Crippen LogP contribution < -0.4 is 0 Å². The largest absolute Gasteiger partial charge is 0.477 e. The lowest BCUT2D eigenvalue weighted by molar-refractivity contribution is -0.131. The van der Waals surface area contributed by atoms with Crippen LogP contribution >= 0.6 is 11.8 Å². The predicted octanol–water partition coefficient (Wildman–Crippen LogP) is 4.79. The van der Waals surface area contributed by atoms with Gasteiger partial charge in [-0.15, -0.1) is 5.10 Å². The van der Waals surface area contributed by atoms with E-state index in [9.17, 15) is 9.90 Å². The molecule has 0 aliphatic carbocycles. The molecule has 0 aliphatic rings. The number of aliphatic carboxylic acids is 1. The first-order valence-electron chi connectivity index (χ1n) is 8.71. The maximum atomic E-state index is 11.9. The van der Waals surface area contributed by atoms with Crippen molar-refractivity contribution in [3.63, 3.8) is 0 Å². The highest BCUT2D eigenvalue weighted by atomic mass is 32.2. The third kappa shape index (κ3) is 3.44. The van der Waals surface area contributed by atoms with Gasteiger partial charge >= 0.3 is 5.97 Å². The van der Waals surface area contributed by atoms with Crippen LogP contribution in [0.3, 0.4) is 0 Å². The number of para-hydroxylation sites is 1. The van der Waals surface area contributed by atoms with E-state index < -0.39 is 5.97 Å². The summed E-state index contributed by atoms with van der Waals surface area (Å²) in [6.07, 6.45) is 1.69. The Morgan fingerprint density at radius 2 is 1.89 bits per heavy atom. The van der Waals surface area contributed by atoms with Crippen molar-refractivity contribution >= 4 is 34.7 Å². The van der Waals surface area contributed by atoms with Crippen molar-refractivity contribution in [2.75, 3.05) is 0 Å². The number of thioether (sulfide) groups is 1. The van der Waals surface area contributed by atoms with Crippen LogP contribution in [-0.2, 0) is 4.79 Å². The molecular formula is C21H18N4O2S. The molecule has 0 unspecified atom stereocenters. The molecule has 0 bridgehead atoms. The smallest absolute Gasteiger partial charge is 0.342 e. The topological polar surface area (TPSA) is 94.7 Å². The molecule has 4 aromatic rings. The molecule has 0 saturated heterocycles. The number of fused-ring (bicyclic) bond motifs is 1. The van der Waals surface area contributed by atoms with Gasteiger partial charge in [0.1, 0.15) is 10.7 Å². The van der Waals surface area contributed by atoms with E-state index in [4.69, 9.17) is 0 Å². The van der Waals surface area contributed by atoms with Gasteiger partial charge in [-0.3, -0.25) is 5.10 Å². The monoisotopic (exact) mass is 390 g/mol. The number of aromatic nitrogens is 4. The summed E-state index contributed by atoms with van der Waals surface area (Å²) in [5, 5.41) is 17.9. The molecule has 28 heavy (non-hydrogen) atoms. The number of nitrogens with one attached hydrogen (secondary N) is 2. The Kier molecular flexibility index (Phi) is 4.75. The number of hydrogen-bond donors (Lipinski definition) is 3. The zero-order valence-electron chi connectivity index (χ0n) is 15.4. The molecule has 0 amide bonds.